The Morgan fingerprint density at radius 3 is 2.44 bits per heavy atom. The maximum atomic E-state index is 13.7. The summed E-state index contributed by atoms with van der Waals surface area (Å²) in [6, 6.07) is 14.3. The molecular formula is C19H16FN3O2. The summed E-state index contributed by atoms with van der Waals surface area (Å²) in [6.45, 7) is 3.76. The second kappa shape index (κ2) is 7.09. The van der Waals surface area contributed by atoms with Crippen LogP contribution in [0.25, 0.3) is 0 Å². The zero-order chi connectivity index (χ0) is 17.8. The molecule has 0 aliphatic rings. The van der Waals surface area contributed by atoms with Gasteiger partial charge in [0.25, 0.3) is 0 Å². The molecule has 0 spiro atoms. The average molecular weight is 337 g/mol. The van der Waals surface area contributed by atoms with Crippen molar-refractivity contribution < 1.29 is 13.9 Å². The summed E-state index contributed by atoms with van der Waals surface area (Å²) in [5, 5.41) is 3.06. The average Bonchev–Trinajstić information content (AvgIpc) is 2.54. The van der Waals surface area contributed by atoms with Gasteiger partial charge in [-0.25, -0.2) is 19.2 Å². The van der Waals surface area contributed by atoms with Gasteiger partial charge in [-0.15, -0.1) is 0 Å². The number of ether oxygens (including phenoxy) is 1. The standard InChI is InChI=1S/C19H16FN3O2/c1-12-10-13(2)22-19(21-12)23-14-6-5-7-15(11-14)25-18(24)16-8-3-4-9-17(16)20/h3-11H,1-2H3,(H,21,22,23). The largest absolute Gasteiger partial charge is 0.423 e. The lowest BCUT2D eigenvalue weighted by molar-refractivity contribution is 0.0730. The first kappa shape index (κ1) is 16.6. The molecule has 1 N–H and O–H groups in total. The molecule has 0 saturated heterocycles. The van der Waals surface area contributed by atoms with Gasteiger partial charge in [0.1, 0.15) is 11.6 Å². The lowest BCUT2D eigenvalue weighted by Gasteiger charge is -2.09. The number of halogens is 1. The molecule has 6 heteroatoms. The van der Waals surface area contributed by atoms with Gasteiger partial charge < -0.3 is 10.1 Å². The Hall–Kier alpha value is -3.28. The number of hydrogen-bond acceptors (Lipinski definition) is 5. The maximum Gasteiger partial charge on any atom is 0.346 e. The van der Waals surface area contributed by atoms with Crippen LogP contribution >= 0.6 is 0 Å². The van der Waals surface area contributed by atoms with Crippen molar-refractivity contribution in [2.45, 2.75) is 13.8 Å². The molecule has 0 bridgehead atoms. The van der Waals surface area contributed by atoms with Gasteiger partial charge in [-0.1, -0.05) is 18.2 Å². The van der Waals surface area contributed by atoms with Gasteiger partial charge in [0.2, 0.25) is 5.95 Å². The van der Waals surface area contributed by atoms with Crippen LogP contribution in [0.2, 0.25) is 0 Å². The molecule has 0 aliphatic carbocycles. The molecule has 0 unspecified atom stereocenters. The van der Waals surface area contributed by atoms with Crippen LogP contribution in [0.4, 0.5) is 16.0 Å². The molecule has 25 heavy (non-hydrogen) atoms. The molecule has 3 rings (SSSR count). The Morgan fingerprint density at radius 2 is 1.72 bits per heavy atom. The highest BCUT2D eigenvalue weighted by molar-refractivity contribution is 5.91. The van der Waals surface area contributed by atoms with E-state index in [0.717, 1.165) is 11.4 Å². The number of aryl methyl sites for hydroxylation is 2. The van der Waals surface area contributed by atoms with Crippen molar-refractivity contribution in [3.05, 3.63) is 77.4 Å². The topological polar surface area (TPSA) is 64.1 Å². The molecule has 1 aromatic heterocycles. The smallest absolute Gasteiger partial charge is 0.346 e. The molecule has 3 aromatic rings. The summed E-state index contributed by atoms with van der Waals surface area (Å²) in [6.07, 6.45) is 0. The minimum atomic E-state index is -0.752. The fourth-order valence-electron chi connectivity index (χ4n) is 2.34. The molecule has 0 radical (unpaired) electrons. The highest BCUT2D eigenvalue weighted by atomic mass is 19.1. The molecule has 1 heterocycles. The Labute approximate surface area is 144 Å². The summed E-state index contributed by atoms with van der Waals surface area (Å²) in [7, 11) is 0. The van der Waals surface area contributed by atoms with Gasteiger partial charge >= 0.3 is 5.97 Å². The SMILES string of the molecule is Cc1cc(C)nc(Nc2cccc(OC(=O)c3ccccc3F)c2)n1. The van der Waals surface area contributed by atoms with E-state index in [1.54, 1.807) is 30.3 Å². The third-order valence-electron chi connectivity index (χ3n) is 3.38. The van der Waals surface area contributed by atoms with Crippen molar-refractivity contribution in [2.75, 3.05) is 5.32 Å². The molecule has 5 nitrogen and oxygen atoms in total. The Kier molecular flexibility index (Phi) is 4.70. The number of nitrogens with one attached hydrogen (secondary N) is 1. The highest BCUT2D eigenvalue weighted by Gasteiger charge is 2.13. The first-order valence-corrected chi connectivity index (χ1v) is 7.67. The first-order valence-electron chi connectivity index (χ1n) is 7.67. The third kappa shape index (κ3) is 4.17. The fraction of sp³-hybridized carbons (Fsp3) is 0.105. The van der Waals surface area contributed by atoms with E-state index >= 15 is 0 Å². The van der Waals surface area contributed by atoms with Crippen molar-refractivity contribution >= 4 is 17.6 Å². The number of rotatable bonds is 4. The van der Waals surface area contributed by atoms with Gasteiger partial charge in [-0.2, -0.15) is 0 Å². The van der Waals surface area contributed by atoms with Crippen LogP contribution in [0, 0.1) is 19.7 Å². The van der Waals surface area contributed by atoms with Crippen LogP contribution in [-0.2, 0) is 0 Å². The van der Waals surface area contributed by atoms with Gasteiger partial charge in [-0.3, -0.25) is 0 Å². The number of hydrogen-bond donors (Lipinski definition) is 1. The number of anilines is 2. The maximum absolute atomic E-state index is 13.7. The number of nitrogens with zero attached hydrogens (tertiary/aromatic N) is 2. The zero-order valence-corrected chi connectivity index (χ0v) is 13.8. The van der Waals surface area contributed by atoms with Gasteiger partial charge in [-0.05, 0) is 44.2 Å². The van der Waals surface area contributed by atoms with Gasteiger partial charge in [0.05, 0.1) is 5.56 Å². The van der Waals surface area contributed by atoms with Crippen LogP contribution in [-0.4, -0.2) is 15.9 Å². The number of carbonyl (C=O) groups excluding carboxylic acids is 1. The van der Waals surface area contributed by atoms with Crippen molar-refractivity contribution in [3.63, 3.8) is 0 Å². The Bertz CT molecular complexity index is 908. The lowest BCUT2D eigenvalue weighted by Crippen LogP contribution is -2.10. The van der Waals surface area contributed by atoms with E-state index in [-0.39, 0.29) is 5.56 Å². The number of aromatic nitrogens is 2. The van der Waals surface area contributed by atoms with Crippen molar-refractivity contribution in [2.24, 2.45) is 0 Å². The molecule has 0 aliphatic heterocycles. The monoisotopic (exact) mass is 337 g/mol. The molecule has 0 amide bonds. The van der Waals surface area contributed by atoms with E-state index in [2.05, 4.69) is 15.3 Å². The molecule has 0 fully saturated rings. The van der Waals surface area contributed by atoms with Crippen molar-refractivity contribution in [3.8, 4) is 5.75 Å². The van der Waals surface area contributed by atoms with E-state index < -0.39 is 11.8 Å². The van der Waals surface area contributed by atoms with E-state index in [4.69, 9.17) is 4.74 Å². The second-order valence-electron chi connectivity index (χ2n) is 5.50. The van der Waals surface area contributed by atoms with Gasteiger partial charge in [0, 0.05) is 23.1 Å². The van der Waals surface area contributed by atoms with E-state index in [9.17, 15) is 9.18 Å². The second-order valence-corrected chi connectivity index (χ2v) is 5.50. The molecule has 0 saturated carbocycles. The van der Waals surface area contributed by atoms with Crippen molar-refractivity contribution in [1.82, 2.24) is 9.97 Å². The zero-order valence-electron chi connectivity index (χ0n) is 13.8. The van der Waals surface area contributed by atoms with Crippen LogP contribution < -0.4 is 10.1 Å². The van der Waals surface area contributed by atoms with E-state index in [1.807, 2.05) is 19.9 Å². The van der Waals surface area contributed by atoms with Crippen molar-refractivity contribution in [1.29, 1.82) is 0 Å². The summed E-state index contributed by atoms with van der Waals surface area (Å²) in [4.78, 5) is 20.7. The van der Waals surface area contributed by atoms with Crippen LogP contribution in [0.3, 0.4) is 0 Å². The molecular weight excluding hydrogens is 321 g/mol. The van der Waals surface area contributed by atoms with Crippen LogP contribution in [0.1, 0.15) is 21.7 Å². The van der Waals surface area contributed by atoms with Crippen LogP contribution in [0.15, 0.2) is 54.6 Å². The lowest BCUT2D eigenvalue weighted by atomic mass is 10.2. The number of carbonyl (C=O) groups is 1. The first-order chi connectivity index (χ1) is 12.0. The molecule has 126 valence electrons. The summed E-state index contributed by atoms with van der Waals surface area (Å²) >= 11 is 0. The molecule has 0 atom stereocenters. The predicted molar refractivity (Wildman–Crippen MR) is 92.6 cm³/mol. The quantitative estimate of drug-likeness (QED) is 0.571. The summed E-state index contributed by atoms with van der Waals surface area (Å²) in [5.41, 5.74) is 2.23. The minimum Gasteiger partial charge on any atom is -0.423 e. The number of benzene rings is 2. The Balaban J connectivity index is 1.77. The third-order valence-corrected chi connectivity index (χ3v) is 3.38. The summed E-state index contributed by atoms with van der Waals surface area (Å²) in [5.74, 6) is -0.624. The fourth-order valence-corrected chi connectivity index (χ4v) is 2.34. The normalized spacial score (nSPS) is 10.4. The number of esters is 1. The predicted octanol–water partition coefficient (Wildman–Crippen LogP) is 4.20. The van der Waals surface area contributed by atoms with Gasteiger partial charge in [0.15, 0.2) is 0 Å². The highest BCUT2D eigenvalue weighted by Crippen LogP contribution is 2.21. The van der Waals surface area contributed by atoms with E-state index in [0.29, 0.717) is 17.4 Å². The van der Waals surface area contributed by atoms with E-state index in [1.165, 1.54) is 18.2 Å². The summed E-state index contributed by atoms with van der Waals surface area (Å²) < 4.78 is 18.9. The Morgan fingerprint density at radius 1 is 1.00 bits per heavy atom. The van der Waals surface area contributed by atoms with Crippen LogP contribution in [0.5, 0.6) is 5.75 Å². The minimum absolute atomic E-state index is 0.112. The molecule has 2 aromatic carbocycles.